The molecule has 0 aliphatic heterocycles. The number of esters is 4. The minimum atomic E-state index is -4.95. The molecule has 0 radical (unpaired) electrons. The normalized spacial score (nSPS) is 14.2. The first kappa shape index (κ1) is 86.1. The van der Waals surface area contributed by atoms with E-state index in [4.69, 9.17) is 37.0 Å². The second kappa shape index (κ2) is 60.0. The molecule has 0 rings (SSSR count). The van der Waals surface area contributed by atoms with Gasteiger partial charge in [-0.15, -0.1) is 0 Å². The van der Waals surface area contributed by atoms with Crippen LogP contribution >= 0.6 is 15.6 Å². The zero-order valence-electron chi connectivity index (χ0n) is 57.2. The van der Waals surface area contributed by atoms with Crippen LogP contribution in [-0.2, 0) is 65.4 Å². The van der Waals surface area contributed by atoms with Crippen LogP contribution in [-0.4, -0.2) is 96.7 Å². The van der Waals surface area contributed by atoms with Crippen molar-refractivity contribution in [3.8, 4) is 0 Å². The summed E-state index contributed by atoms with van der Waals surface area (Å²) in [5.74, 6) is 0.113. The van der Waals surface area contributed by atoms with Crippen LogP contribution in [0.5, 0.6) is 0 Å². The topological polar surface area (TPSA) is 237 Å². The third-order valence-corrected chi connectivity index (χ3v) is 17.8. The molecule has 3 N–H and O–H groups in total. The van der Waals surface area contributed by atoms with Gasteiger partial charge in [0.1, 0.15) is 19.3 Å². The van der Waals surface area contributed by atoms with Crippen molar-refractivity contribution in [3.05, 3.63) is 0 Å². The highest BCUT2D eigenvalue weighted by Gasteiger charge is 2.30. The summed E-state index contributed by atoms with van der Waals surface area (Å²) < 4.78 is 68.2. The van der Waals surface area contributed by atoms with Crippen LogP contribution in [0.4, 0.5) is 0 Å². The molecule has 0 aromatic rings. The van der Waals surface area contributed by atoms with Gasteiger partial charge < -0.3 is 33.8 Å². The predicted octanol–water partition coefficient (Wildman–Crippen LogP) is 19.5. The lowest BCUT2D eigenvalue weighted by Crippen LogP contribution is -2.30. The average Bonchev–Trinajstić information content (AvgIpc) is 3.67. The number of carbonyl (C=O) groups is 4. The number of rotatable bonds is 67. The molecule has 0 amide bonds. The van der Waals surface area contributed by atoms with Gasteiger partial charge in [0.2, 0.25) is 0 Å². The van der Waals surface area contributed by atoms with Crippen molar-refractivity contribution >= 4 is 39.5 Å². The highest BCUT2D eigenvalue weighted by atomic mass is 31.2. The monoisotopic (exact) mass is 1300 g/mol. The quantitative estimate of drug-likeness (QED) is 0.0222. The predicted molar refractivity (Wildman–Crippen MR) is 354 cm³/mol. The largest absolute Gasteiger partial charge is 0.472 e. The van der Waals surface area contributed by atoms with E-state index < -0.39 is 97.5 Å². The zero-order chi connectivity index (χ0) is 65.2. The van der Waals surface area contributed by atoms with E-state index in [0.29, 0.717) is 31.6 Å². The zero-order valence-corrected chi connectivity index (χ0v) is 59.0. The van der Waals surface area contributed by atoms with Gasteiger partial charge in [-0.3, -0.25) is 37.3 Å². The van der Waals surface area contributed by atoms with E-state index >= 15 is 0 Å². The fraction of sp³-hybridized carbons (Fsp3) is 0.942. The van der Waals surface area contributed by atoms with Gasteiger partial charge in [0.15, 0.2) is 12.2 Å². The number of aliphatic hydroxyl groups excluding tert-OH is 1. The number of unbranched alkanes of at least 4 members (excludes halogenated alkanes) is 35. The molecule has 0 spiro atoms. The Morgan fingerprint density at radius 1 is 0.307 bits per heavy atom. The van der Waals surface area contributed by atoms with Crippen LogP contribution in [0.3, 0.4) is 0 Å². The van der Waals surface area contributed by atoms with E-state index in [2.05, 4.69) is 48.5 Å². The second-order valence-corrected chi connectivity index (χ2v) is 29.3. The lowest BCUT2D eigenvalue weighted by atomic mass is 10.0. The van der Waals surface area contributed by atoms with E-state index in [-0.39, 0.29) is 25.7 Å². The van der Waals surface area contributed by atoms with Gasteiger partial charge in [-0.05, 0) is 43.4 Å². The Balaban J connectivity index is 5.24. The molecule has 88 heavy (non-hydrogen) atoms. The lowest BCUT2D eigenvalue weighted by Gasteiger charge is -2.21. The third kappa shape index (κ3) is 62.8. The molecule has 0 heterocycles. The van der Waals surface area contributed by atoms with Gasteiger partial charge in [0.05, 0.1) is 26.4 Å². The maximum absolute atomic E-state index is 13.0. The van der Waals surface area contributed by atoms with E-state index in [1.54, 1.807) is 0 Å². The SMILES string of the molecule is CCCCCCCCCCCC(=O)OC[C@H](COP(=O)(O)OC[C@H](O)COP(=O)(O)OC[C@@H](COC(=O)CCCCCCCCCCCCCC(C)C)OC(=O)CCCCCCCCCCCCCCC(C)C)OC(=O)CCCCCCCCCC(C)C. The van der Waals surface area contributed by atoms with Crippen LogP contribution in [0.15, 0.2) is 0 Å². The summed E-state index contributed by atoms with van der Waals surface area (Å²) in [7, 11) is -9.90. The number of aliphatic hydroxyl groups is 1. The van der Waals surface area contributed by atoms with Crippen LogP contribution < -0.4 is 0 Å². The third-order valence-electron chi connectivity index (χ3n) is 15.9. The second-order valence-electron chi connectivity index (χ2n) is 26.3. The summed E-state index contributed by atoms with van der Waals surface area (Å²) in [6.45, 7) is 11.8. The number of phosphoric ester groups is 2. The summed E-state index contributed by atoms with van der Waals surface area (Å²) in [5, 5.41) is 10.6. The summed E-state index contributed by atoms with van der Waals surface area (Å²) >= 11 is 0. The minimum Gasteiger partial charge on any atom is -0.462 e. The van der Waals surface area contributed by atoms with Gasteiger partial charge in [-0.1, -0.05) is 292 Å². The van der Waals surface area contributed by atoms with Gasteiger partial charge in [-0.2, -0.15) is 0 Å². The summed E-state index contributed by atoms with van der Waals surface area (Å²) in [6.07, 6.45) is 43.1. The maximum Gasteiger partial charge on any atom is 0.472 e. The molecule has 0 saturated heterocycles. The van der Waals surface area contributed by atoms with E-state index in [9.17, 15) is 43.2 Å². The lowest BCUT2D eigenvalue weighted by molar-refractivity contribution is -0.161. The number of hydrogen-bond donors (Lipinski definition) is 3. The molecule has 522 valence electrons. The summed E-state index contributed by atoms with van der Waals surface area (Å²) in [6, 6.07) is 0. The molecule has 0 aromatic heterocycles. The van der Waals surface area contributed by atoms with Crippen molar-refractivity contribution in [2.45, 2.75) is 362 Å². The molecule has 0 aromatic carbocycles. The van der Waals surface area contributed by atoms with Crippen molar-refractivity contribution < 1.29 is 80.2 Å². The highest BCUT2D eigenvalue weighted by molar-refractivity contribution is 7.47. The first-order valence-corrected chi connectivity index (χ1v) is 38.8. The number of ether oxygens (including phenoxy) is 4. The highest BCUT2D eigenvalue weighted by Crippen LogP contribution is 2.45. The Hall–Kier alpha value is -1.94. The first-order chi connectivity index (χ1) is 42.2. The Morgan fingerprint density at radius 3 is 0.773 bits per heavy atom. The number of hydrogen-bond acceptors (Lipinski definition) is 15. The Labute approximate surface area is 537 Å². The van der Waals surface area contributed by atoms with Crippen molar-refractivity contribution in [2.24, 2.45) is 17.8 Å². The fourth-order valence-electron chi connectivity index (χ4n) is 10.4. The molecule has 0 saturated carbocycles. The van der Waals surface area contributed by atoms with Crippen LogP contribution in [0, 0.1) is 17.8 Å². The van der Waals surface area contributed by atoms with Crippen LogP contribution in [0.1, 0.15) is 344 Å². The van der Waals surface area contributed by atoms with Crippen molar-refractivity contribution in [3.63, 3.8) is 0 Å². The molecule has 19 heteroatoms. The van der Waals surface area contributed by atoms with E-state index in [0.717, 1.165) is 102 Å². The average molecular weight is 1300 g/mol. The molecule has 0 bridgehead atoms. The van der Waals surface area contributed by atoms with Crippen molar-refractivity contribution in [1.29, 1.82) is 0 Å². The molecule has 0 aliphatic carbocycles. The molecule has 5 atom stereocenters. The van der Waals surface area contributed by atoms with Gasteiger partial charge in [0.25, 0.3) is 0 Å². The van der Waals surface area contributed by atoms with Gasteiger partial charge >= 0.3 is 39.5 Å². The van der Waals surface area contributed by atoms with Crippen LogP contribution in [0.2, 0.25) is 0 Å². The van der Waals surface area contributed by atoms with Crippen molar-refractivity contribution in [1.82, 2.24) is 0 Å². The minimum absolute atomic E-state index is 0.103. The standard InChI is InChI=1S/C69H134O17P2/c1-8-9-10-11-12-20-29-36-43-50-66(71)79-57-65(86-69(74)53-46-39-32-25-28-35-42-49-62(6)7)59-84-88(77,78)82-55-63(70)54-81-87(75,76)83-58-64(56-80-67(72)51-44-37-30-23-19-15-17-22-27-34-41-48-61(4)5)85-68(73)52-45-38-31-24-18-14-13-16-21-26-33-40-47-60(2)3/h60-65,70H,8-59H2,1-7H3,(H,75,76)(H,77,78)/t63-,64-,65-/m1/s1. The molecule has 0 fully saturated rings. The molecular weight excluding hydrogens is 1160 g/mol. The fourth-order valence-corrected chi connectivity index (χ4v) is 11.9. The molecule has 17 nitrogen and oxygen atoms in total. The van der Waals surface area contributed by atoms with E-state index in [1.165, 1.54) is 154 Å². The number of carbonyl (C=O) groups excluding carboxylic acids is 4. The smallest absolute Gasteiger partial charge is 0.462 e. The molecular formula is C69H134O17P2. The maximum atomic E-state index is 13.0. The summed E-state index contributed by atoms with van der Waals surface area (Å²) in [4.78, 5) is 72.4. The van der Waals surface area contributed by atoms with E-state index in [1.807, 2.05) is 0 Å². The van der Waals surface area contributed by atoms with Gasteiger partial charge in [-0.25, -0.2) is 9.13 Å². The first-order valence-electron chi connectivity index (χ1n) is 35.8. The molecule has 0 aliphatic rings. The Morgan fingerprint density at radius 2 is 0.523 bits per heavy atom. The Bertz CT molecular complexity index is 1730. The van der Waals surface area contributed by atoms with Crippen LogP contribution in [0.25, 0.3) is 0 Å². The van der Waals surface area contributed by atoms with Gasteiger partial charge in [0, 0.05) is 25.7 Å². The number of phosphoric acid groups is 2. The molecule has 2 unspecified atom stereocenters. The van der Waals surface area contributed by atoms with Crippen molar-refractivity contribution in [2.75, 3.05) is 39.6 Å². The summed E-state index contributed by atoms with van der Waals surface area (Å²) in [5.41, 5.74) is 0. The Kier molecular flexibility index (Phi) is 58.7.